The average molecular weight is 348 g/mol. The fourth-order valence-electron chi connectivity index (χ4n) is 2.65. The topological polar surface area (TPSA) is 78.9 Å². The highest BCUT2D eigenvalue weighted by Crippen LogP contribution is 2.24. The van der Waals surface area contributed by atoms with Crippen LogP contribution in [0.3, 0.4) is 0 Å². The molecule has 2 rings (SSSR count). The Morgan fingerprint density at radius 1 is 1.24 bits per heavy atom. The summed E-state index contributed by atoms with van der Waals surface area (Å²) in [6.45, 7) is 5.00. The first-order valence-electron chi connectivity index (χ1n) is 8.49. The van der Waals surface area contributed by atoms with Crippen molar-refractivity contribution in [1.29, 1.82) is 0 Å². The fraction of sp³-hybridized carbons (Fsp3) is 0.526. The Labute approximate surface area is 147 Å². The lowest BCUT2D eigenvalue weighted by atomic mass is 9.91. The second kappa shape index (κ2) is 8.65. The Bertz CT molecular complexity index is 610. The summed E-state index contributed by atoms with van der Waals surface area (Å²) in [5, 5.41) is 0. The zero-order chi connectivity index (χ0) is 18.4. The predicted octanol–water partition coefficient (Wildman–Crippen LogP) is 2.29. The molecule has 0 spiro atoms. The summed E-state index contributed by atoms with van der Waals surface area (Å²) in [6.07, 6.45) is -1.32. The number of hydrogen-bond donors (Lipinski definition) is 0. The molecule has 3 atom stereocenters. The van der Waals surface area contributed by atoms with Crippen LogP contribution in [0, 0.1) is 11.8 Å². The van der Waals surface area contributed by atoms with Crippen LogP contribution < -0.4 is 0 Å². The Hall–Kier alpha value is -2.37. The summed E-state index contributed by atoms with van der Waals surface area (Å²) in [4.78, 5) is 36.5. The first-order valence-corrected chi connectivity index (χ1v) is 8.49. The fourth-order valence-corrected chi connectivity index (χ4v) is 2.65. The van der Waals surface area contributed by atoms with Crippen molar-refractivity contribution in [2.75, 3.05) is 6.61 Å². The van der Waals surface area contributed by atoms with E-state index in [1.165, 1.54) is 0 Å². The van der Waals surface area contributed by atoms with Crippen molar-refractivity contribution in [3.05, 3.63) is 35.9 Å². The molecule has 6 nitrogen and oxygen atoms in total. The van der Waals surface area contributed by atoms with Crippen LogP contribution in [0.15, 0.2) is 30.3 Å². The van der Waals surface area contributed by atoms with Gasteiger partial charge in [-0.25, -0.2) is 0 Å². The maximum Gasteiger partial charge on any atom is 0.313 e. The highest BCUT2D eigenvalue weighted by Gasteiger charge is 2.40. The van der Waals surface area contributed by atoms with Crippen molar-refractivity contribution in [2.24, 2.45) is 11.8 Å². The molecular weight excluding hydrogens is 324 g/mol. The molecule has 0 saturated carbocycles. The summed E-state index contributed by atoms with van der Waals surface area (Å²) < 4.78 is 16.1. The number of ether oxygens (including phenoxy) is 3. The largest absolute Gasteiger partial charge is 0.465 e. The Kier molecular flexibility index (Phi) is 6.56. The van der Waals surface area contributed by atoms with Crippen molar-refractivity contribution >= 4 is 17.9 Å². The van der Waals surface area contributed by atoms with Gasteiger partial charge in [0.15, 0.2) is 6.10 Å². The number of rotatable bonds is 4. The van der Waals surface area contributed by atoms with Crippen molar-refractivity contribution in [3.63, 3.8) is 0 Å². The summed E-state index contributed by atoms with van der Waals surface area (Å²) >= 11 is 0. The zero-order valence-corrected chi connectivity index (χ0v) is 14.8. The Balaban J connectivity index is 2.31. The van der Waals surface area contributed by atoms with Crippen LogP contribution >= 0.6 is 0 Å². The van der Waals surface area contributed by atoms with Crippen LogP contribution in [-0.4, -0.2) is 36.7 Å². The van der Waals surface area contributed by atoms with Gasteiger partial charge in [0.2, 0.25) is 0 Å². The van der Waals surface area contributed by atoms with E-state index in [2.05, 4.69) is 0 Å². The van der Waals surface area contributed by atoms with E-state index in [4.69, 9.17) is 14.2 Å². The van der Waals surface area contributed by atoms with E-state index >= 15 is 0 Å². The molecule has 0 aliphatic carbocycles. The predicted molar refractivity (Wildman–Crippen MR) is 89.5 cm³/mol. The van der Waals surface area contributed by atoms with Crippen LogP contribution in [0.2, 0.25) is 0 Å². The molecule has 1 fully saturated rings. The molecule has 25 heavy (non-hydrogen) atoms. The number of hydrogen-bond acceptors (Lipinski definition) is 6. The smallest absolute Gasteiger partial charge is 0.313 e. The van der Waals surface area contributed by atoms with Gasteiger partial charge in [0.05, 0.1) is 12.3 Å². The minimum Gasteiger partial charge on any atom is -0.465 e. The molecular formula is C19H24O6. The number of cyclic esters (lactones) is 2. The number of benzene rings is 1. The van der Waals surface area contributed by atoms with Gasteiger partial charge < -0.3 is 14.2 Å². The average Bonchev–Trinajstić information content (AvgIpc) is 2.61. The molecule has 0 radical (unpaired) electrons. The standard InChI is InChI=1S/C19H24O6/c1-12(2)18(21)25-17-13(3)24-16(20)9-10-23-19(22)15(17)11-14-7-5-4-6-8-14/h4-8,12-13,15,17H,9-11H2,1-3H3. The second-order valence-corrected chi connectivity index (χ2v) is 6.46. The molecule has 1 aromatic carbocycles. The van der Waals surface area contributed by atoms with Crippen molar-refractivity contribution < 1.29 is 28.6 Å². The normalized spacial score (nSPS) is 24.6. The molecule has 0 aromatic heterocycles. The molecule has 3 unspecified atom stereocenters. The lowest BCUT2D eigenvalue weighted by Crippen LogP contribution is -2.43. The first kappa shape index (κ1) is 19.0. The van der Waals surface area contributed by atoms with Crippen molar-refractivity contribution in [2.45, 2.75) is 45.8 Å². The molecule has 1 heterocycles. The van der Waals surface area contributed by atoms with E-state index in [1.807, 2.05) is 30.3 Å². The maximum atomic E-state index is 12.6. The molecule has 6 heteroatoms. The van der Waals surface area contributed by atoms with Gasteiger partial charge in [-0.05, 0) is 18.9 Å². The van der Waals surface area contributed by atoms with E-state index < -0.39 is 36.0 Å². The van der Waals surface area contributed by atoms with Gasteiger partial charge in [0.25, 0.3) is 0 Å². The highest BCUT2D eigenvalue weighted by molar-refractivity contribution is 5.77. The van der Waals surface area contributed by atoms with Gasteiger partial charge in [0, 0.05) is 0 Å². The van der Waals surface area contributed by atoms with Gasteiger partial charge in [-0.15, -0.1) is 0 Å². The lowest BCUT2D eigenvalue weighted by molar-refractivity contribution is -0.176. The summed E-state index contributed by atoms with van der Waals surface area (Å²) in [7, 11) is 0. The molecule has 0 amide bonds. The molecule has 1 aliphatic rings. The minimum absolute atomic E-state index is 0.0149. The summed E-state index contributed by atoms with van der Waals surface area (Å²) in [5.74, 6) is -2.52. The number of carbonyl (C=O) groups is 3. The van der Waals surface area contributed by atoms with E-state index in [-0.39, 0.29) is 18.9 Å². The Morgan fingerprint density at radius 2 is 1.92 bits per heavy atom. The molecule has 0 N–H and O–H groups in total. The highest BCUT2D eigenvalue weighted by atomic mass is 16.6. The monoisotopic (exact) mass is 348 g/mol. The zero-order valence-electron chi connectivity index (χ0n) is 14.8. The van der Waals surface area contributed by atoms with E-state index in [1.54, 1.807) is 20.8 Å². The first-order chi connectivity index (χ1) is 11.9. The third kappa shape index (κ3) is 5.31. The lowest BCUT2D eigenvalue weighted by Gasteiger charge is -2.29. The van der Waals surface area contributed by atoms with Crippen LogP contribution in [0.25, 0.3) is 0 Å². The van der Waals surface area contributed by atoms with Crippen LogP contribution in [0.1, 0.15) is 32.8 Å². The maximum absolute atomic E-state index is 12.6. The quantitative estimate of drug-likeness (QED) is 0.614. The van der Waals surface area contributed by atoms with Crippen LogP contribution in [0.4, 0.5) is 0 Å². The van der Waals surface area contributed by atoms with Gasteiger partial charge >= 0.3 is 17.9 Å². The van der Waals surface area contributed by atoms with Crippen molar-refractivity contribution in [1.82, 2.24) is 0 Å². The Morgan fingerprint density at radius 3 is 2.56 bits per heavy atom. The minimum atomic E-state index is -0.898. The third-order valence-corrected chi connectivity index (χ3v) is 4.05. The van der Waals surface area contributed by atoms with Crippen molar-refractivity contribution in [3.8, 4) is 0 Å². The van der Waals surface area contributed by atoms with Crippen LogP contribution in [-0.2, 0) is 35.0 Å². The molecule has 1 aliphatic heterocycles. The third-order valence-electron chi connectivity index (χ3n) is 4.05. The summed E-state index contributed by atoms with van der Waals surface area (Å²) in [5.41, 5.74) is 0.910. The van der Waals surface area contributed by atoms with Gasteiger partial charge in [0.1, 0.15) is 18.6 Å². The van der Waals surface area contributed by atoms with Crippen LogP contribution in [0.5, 0.6) is 0 Å². The van der Waals surface area contributed by atoms with Gasteiger partial charge in [-0.2, -0.15) is 0 Å². The molecule has 136 valence electrons. The SMILES string of the molecule is CC(C)C(=O)OC1C(C)OC(=O)CCOC(=O)C1Cc1ccccc1. The van der Waals surface area contributed by atoms with Gasteiger partial charge in [-0.3, -0.25) is 14.4 Å². The van der Waals surface area contributed by atoms with E-state index in [0.717, 1.165) is 5.56 Å². The molecule has 0 bridgehead atoms. The summed E-state index contributed by atoms with van der Waals surface area (Å²) in [6, 6.07) is 9.39. The molecule has 1 saturated heterocycles. The number of esters is 3. The second-order valence-electron chi connectivity index (χ2n) is 6.46. The number of carbonyl (C=O) groups excluding carboxylic acids is 3. The van der Waals surface area contributed by atoms with Gasteiger partial charge in [-0.1, -0.05) is 44.2 Å². The van der Waals surface area contributed by atoms with E-state index in [0.29, 0.717) is 6.42 Å². The molecule has 1 aromatic rings. The van der Waals surface area contributed by atoms with E-state index in [9.17, 15) is 14.4 Å².